The second-order valence-corrected chi connectivity index (χ2v) is 6.83. The van der Waals surface area contributed by atoms with Crippen LogP contribution in [0.25, 0.3) is 0 Å². The number of aliphatic imine (C=N–C) groups is 1. The van der Waals surface area contributed by atoms with E-state index in [1.54, 1.807) is 16.9 Å². The van der Waals surface area contributed by atoms with Crippen molar-refractivity contribution < 1.29 is 22.6 Å². The summed E-state index contributed by atoms with van der Waals surface area (Å²) in [6, 6.07) is 3.17. The first-order valence-corrected chi connectivity index (χ1v) is 9.62. The molecule has 0 aromatic carbocycles. The molecule has 30 heavy (non-hydrogen) atoms. The number of aromatic nitrogens is 3. The molecular weight excluding hydrogens is 401 g/mol. The largest absolute Gasteiger partial charge is 0.468 e. The average molecular weight is 426 g/mol. The van der Waals surface area contributed by atoms with Crippen molar-refractivity contribution in [3.8, 4) is 5.88 Å². The molecule has 0 saturated carbocycles. The minimum atomic E-state index is -4.41. The molecule has 0 aliphatic carbocycles. The molecule has 1 saturated heterocycles. The van der Waals surface area contributed by atoms with E-state index in [0.717, 1.165) is 5.56 Å². The Kier molecular flexibility index (Phi) is 7.14. The zero-order chi connectivity index (χ0) is 21.6. The van der Waals surface area contributed by atoms with Crippen molar-refractivity contribution in [2.24, 2.45) is 12.0 Å². The van der Waals surface area contributed by atoms with E-state index in [9.17, 15) is 13.2 Å². The van der Waals surface area contributed by atoms with Gasteiger partial charge in [-0.3, -0.25) is 4.68 Å². The van der Waals surface area contributed by atoms with Gasteiger partial charge in [0, 0.05) is 44.2 Å². The highest BCUT2D eigenvalue weighted by Gasteiger charge is 2.28. The summed E-state index contributed by atoms with van der Waals surface area (Å²) in [5.74, 6) is 0.636. The molecule has 0 radical (unpaired) electrons. The van der Waals surface area contributed by atoms with Crippen molar-refractivity contribution in [2.75, 3.05) is 32.8 Å². The van der Waals surface area contributed by atoms with Crippen LogP contribution in [0.2, 0.25) is 0 Å². The number of alkyl halides is 3. The molecule has 1 aliphatic heterocycles. The van der Waals surface area contributed by atoms with E-state index in [-0.39, 0.29) is 18.5 Å². The first-order valence-electron chi connectivity index (χ1n) is 9.62. The van der Waals surface area contributed by atoms with Crippen molar-refractivity contribution in [1.29, 1.82) is 0 Å². The first kappa shape index (κ1) is 21.9. The number of hydrogen-bond acceptors (Lipinski definition) is 5. The van der Waals surface area contributed by atoms with Crippen LogP contribution in [0.4, 0.5) is 13.2 Å². The molecule has 1 atom stereocenters. The number of hydrogen-bond donors (Lipinski definition) is 1. The molecule has 164 valence electrons. The topological polar surface area (TPSA) is 76.8 Å². The van der Waals surface area contributed by atoms with E-state index < -0.39 is 12.8 Å². The molecule has 2 aromatic rings. The molecule has 1 fully saturated rings. The second kappa shape index (κ2) is 9.79. The van der Waals surface area contributed by atoms with E-state index in [4.69, 9.17) is 9.47 Å². The van der Waals surface area contributed by atoms with Crippen LogP contribution in [0.1, 0.15) is 24.2 Å². The minimum Gasteiger partial charge on any atom is -0.468 e. The molecule has 11 heteroatoms. The number of ether oxygens (including phenoxy) is 2. The Labute approximate surface area is 172 Å². The lowest BCUT2D eigenvalue weighted by Gasteiger charge is -2.34. The fraction of sp³-hybridized carbons (Fsp3) is 0.526. The van der Waals surface area contributed by atoms with Gasteiger partial charge >= 0.3 is 6.18 Å². The van der Waals surface area contributed by atoms with Crippen LogP contribution in [0.15, 0.2) is 35.7 Å². The third kappa shape index (κ3) is 6.34. The van der Waals surface area contributed by atoms with Crippen LogP contribution in [-0.2, 0) is 18.3 Å². The minimum absolute atomic E-state index is 0.0759. The highest BCUT2D eigenvalue weighted by atomic mass is 19.4. The van der Waals surface area contributed by atoms with E-state index in [2.05, 4.69) is 25.3 Å². The SMILES string of the molecule is CCNC(=NCc1ccnc(OCC(F)(F)F)c1)N1CCOC(c2cnn(C)c2)C1. The molecular formula is C19H25F3N6O2. The number of guanidine groups is 1. The number of nitrogens with one attached hydrogen (secondary N) is 1. The van der Waals surface area contributed by atoms with Crippen molar-refractivity contribution >= 4 is 5.96 Å². The molecule has 0 spiro atoms. The van der Waals surface area contributed by atoms with E-state index in [1.807, 2.05) is 20.2 Å². The van der Waals surface area contributed by atoms with Gasteiger partial charge in [-0.2, -0.15) is 18.3 Å². The van der Waals surface area contributed by atoms with Crippen LogP contribution < -0.4 is 10.1 Å². The van der Waals surface area contributed by atoms with Crippen LogP contribution in [-0.4, -0.2) is 64.6 Å². The quantitative estimate of drug-likeness (QED) is 0.564. The third-order valence-electron chi connectivity index (χ3n) is 4.39. The van der Waals surface area contributed by atoms with Gasteiger partial charge in [-0.15, -0.1) is 0 Å². The Hall–Kier alpha value is -2.82. The van der Waals surface area contributed by atoms with Crippen molar-refractivity contribution in [1.82, 2.24) is 25.0 Å². The van der Waals surface area contributed by atoms with Crippen molar-refractivity contribution in [3.63, 3.8) is 0 Å². The summed E-state index contributed by atoms with van der Waals surface area (Å²) in [4.78, 5) is 10.6. The predicted octanol–water partition coefficient (Wildman–Crippen LogP) is 2.30. The summed E-state index contributed by atoms with van der Waals surface area (Å²) in [6.07, 6.45) is 0.612. The molecule has 8 nitrogen and oxygen atoms in total. The maximum absolute atomic E-state index is 12.3. The standard InChI is InChI=1S/C19H25F3N6O2/c1-3-23-18(28-6-7-29-16(12-28)15-10-26-27(2)11-15)25-9-14-4-5-24-17(8-14)30-13-19(20,21)22/h4-5,8,10-11,16H,3,6-7,9,12-13H2,1-2H3,(H,23,25). The van der Waals surface area contributed by atoms with Gasteiger partial charge in [0.1, 0.15) is 6.10 Å². The molecule has 1 aliphatic rings. The number of morpholine rings is 1. The van der Waals surface area contributed by atoms with Crippen LogP contribution in [0, 0.1) is 0 Å². The summed E-state index contributed by atoms with van der Waals surface area (Å²) in [5.41, 5.74) is 1.70. The van der Waals surface area contributed by atoms with Gasteiger partial charge in [-0.25, -0.2) is 9.98 Å². The lowest BCUT2D eigenvalue weighted by atomic mass is 10.1. The highest BCUT2D eigenvalue weighted by molar-refractivity contribution is 5.80. The smallest absolute Gasteiger partial charge is 0.422 e. The van der Waals surface area contributed by atoms with E-state index >= 15 is 0 Å². The summed E-state index contributed by atoms with van der Waals surface area (Å²) in [7, 11) is 1.86. The van der Waals surface area contributed by atoms with Crippen LogP contribution in [0.3, 0.4) is 0 Å². The number of nitrogens with zero attached hydrogens (tertiary/aromatic N) is 5. The number of aryl methyl sites for hydroxylation is 1. The van der Waals surface area contributed by atoms with Gasteiger partial charge < -0.3 is 19.7 Å². The van der Waals surface area contributed by atoms with Crippen molar-refractivity contribution in [3.05, 3.63) is 41.9 Å². The Morgan fingerprint density at radius 2 is 2.27 bits per heavy atom. The molecule has 1 N–H and O–H groups in total. The van der Waals surface area contributed by atoms with Gasteiger partial charge in [0.05, 0.1) is 25.9 Å². The Balaban J connectivity index is 1.67. The normalized spacial score (nSPS) is 17.8. The molecule has 2 aromatic heterocycles. The highest BCUT2D eigenvalue weighted by Crippen LogP contribution is 2.22. The fourth-order valence-corrected chi connectivity index (χ4v) is 3.03. The van der Waals surface area contributed by atoms with Gasteiger partial charge in [-0.1, -0.05) is 0 Å². The molecule has 0 amide bonds. The zero-order valence-corrected chi connectivity index (χ0v) is 16.9. The van der Waals surface area contributed by atoms with Gasteiger partial charge in [0.2, 0.25) is 5.88 Å². The van der Waals surface area contributed by atoms with E-state index in [1.165, 1.54) is 12.3 Å². The lowest BCUT2D eigenvalue weighted by molar-refractivity contribution is -0.154. The molecule has 3 rings (SSSR count). The Morgan fingerprint density at radius 3 is 2.97 bits per heavy atom. The average Bonchev–Trinajstić information content (AvgIpc) is 3.16. The maximum Gasteiger partial charge on any atom is 0.422 e. The maximum atomic E-state index is 12.3. The summed E-state index contributed by atoms with van der Waals surface area (Å²) >= 11 is 0. The summed E-state index contributed by atoms with van der Waals surface area (Å²) in [5, 5.41) is 7.46. The number of rotatable bonds is 6. The molecule has 0 bridgehead atoms. The van der Waals surface area contributed by atoms with Gasteiger partial charge in [-0.05, 0) is 18.6 Å². The predicted molar refractivity (Wildman–Crippen MR) is 104 cm³/mol. The van der Waals surface area contributed by atoms with E-state index in [0.29, 0.717) is 37.8 Å². The number of pyridine rings is 1. The lowest BCUT2D eigenvalue weighted by Crippen LogP contribution is -2.48. The molecule has 3 heterocycles. The first-order chi connectivity index (χ1) is 14.3. The van der Waals surface area contributed by atoms with Crippen LogP contribution in [0.5, 0.6) is 5.88 Å². The zero-order valence-electron chi connectivity index (χ0n) is 16.9. The number of halogens is 3. The van der Waals surface area contributed by atoms with Crippen molar-refractivity contribution in [2.45, 2.75) is 25.7 Å². The Morgan fingerprint density at radius 1 is 1.43 bits per heavy atom. The third-order valence-corrected chi connectivity index (χ3v) is 4.39. The van der Waals surface area contributed by atoms with Crippen LogP contribution >= 0.6 is 0 Å². The second-order valence-electron chi connectivity index (χ2n) is 6.83. The monoisotopic (exact) mass is 426 g/mol. The summed E-state index contributed by atoms with van der Waals surface area (Å²) in [6.45, 7) is 3.41. The van der Waals surface area contributed by atoms with Gasteiger partial charge in [0.25, 0.3) is 0 Å². The van der Waals surface area contributed by atoms with Gasteiger partial charge in [0.15, 0.2) is 12.6 Å². The molecule has 1 unspecified atom stereocenters. The summed E-state index contributed by atoms with van der Waals surface area (Å²) < 4.78 is 49.3. The fourth-order valence-electron chi connectivity index (χ4n) is 3.03. The Bertz CT molecular complexity index is 855.